The highest BCUT2D eigenvalue weighted by Gasteiger charge is 2.40. The Morgan fingerprint density at radius 2 is 2.24 bits per heavy atom. The Balaban J connectivity index is 1.99. The number of H-pyrrole nitrogens is 1. The van der Waals surface area contributed by atoms with Crippen molar-refractivity contribution in [2.24, 2.45) is 7.05 Å². The summed E-state index contributed by atoms with van der Waals surface area (Å²) in [6.07, 6.45) is 5.13. The minimum Gasteiger partial charge on any atom is -0.337 e. The van der Waals surface area contributed by atoms with E-state index in [0.717, 1.165) is 24.2 Å². The number of thiazole rings is 1. The van der Waals surface area contributed by atoms with Crippen molar-refractivity contribution >= 4 is 21.4 Å². The Morgan fingerprint density at radius 1 is 1.52 bits per heavy atom. The molecule has 1 fully saturated rings. The Morgan fingerprint density at radius 3 is 2.71 bits per heavy atom. The highest BCUT2D eigenvalue weighted by Crippen LogP contribution is 2.34. The fraction of sp³-hybridized carbons (Fsp3) is 0.500. The first kappa shape index (κ1) is 14.5. The molecule has 1 aliphatic carbocycles. The summed E-state index contributed by atoms with van der Waals surface area (Å²) < 4.78 is 29.0. The van der Waals surface area contributed by atoms with Crippen molar-refractivity contribution in [2.75, 3.05) is 0 Å². The molecule has 7 nitrogen and oxygen atoms in total. The molecule has 2 aromatic rings. The van der Waals surface area contributed by atoms with Gasteiger partial charge in [0.2, 0.25) is 0 Å². The highest BCUT2D eigenvalue weighted by molar-refractivity contribution is 7.91. The van der Waals surface area contributed by atoms with E-state index in [9.17, 15) is 13.2 Å². The van der Waals surface area contributed by atoms with Crippen molar-refractivity contribution in [1.82, 2.24) is 18.8 Å². The zero-order chi connectivity index (χ0) is 15.2. The predicted molar refractivity (Wildman–Crippen MR) is 78.6 cm³/mol. The molecule has 1 N–H and O–H groups in total. The minimum atomic E-state index is -3.67. The number of hydrogen-bond acceptors (Lipinski definition) is 5. The molecule has 0 amide bonds. The molecule has 21 heavy (non-hydrogen) atoms. The minimum absolute atomic E-state index is 0.00306. The lowest BCUT2D eigenvalue weighted by molar-refractivity contribution is 0.386. The second kappa shape index (κ2) is 5.08. The largest absolute Gasteiger partial charge is 0.337 e. The third-order valence-corrected chi connectivity index (χ3v) is 6.98. The van der Waals surface area contributed by atoms with Gasteiger partial charge in [-0.2, -0.15) is 4.31 Å². The lowest BCUT2D eigenvalue weighted by Crippen LogP contribution is -2.33. The van der Waals surface area contributed by atoms with Crippen molar-refractivity contribution < 1.29 is 8.42 Å². The Bertz CT molecular complexity index is 814. The number of nitrogens with one attached hydrogen (secondary N) is 1. The van der Waals surface area contributed by atoms with E-state index in [0.29, 0.717) is 11.5 Å². The molecule has 114 valence electrons. The van der Waals surface area contributed by atoms with Gasteiger partial charge in [0.25, 0.3) is 10.0 Å². The fourth-order valence-electron chi connectivity index (χ4n) is 2.20. The van der Waals surface area contributed by atoms with E-state index in [4.69, 9.17) is 0 Å². The summed E-state index contributed by atoms with van der Waals surface area (Å²) in [6.45, 7) is 1.83. The Kier molecular flexibility index (Phi) is 3.50. The van der Waals surface area contributed by atoms with E-state index >= 15 is 0 Å². The van der Waals surface area contributed by atoms with E-state index < -0.39 is 10.0 Å². The first-order chi connectivity index (χ1) is 9.89. The van der Waals surface area contributed by atoms with Crippen LogP contribution in [0.3, 0.4) is 0 Å². The summed E-state index contributed by atoms with van der Waals surface area (Å²) in [6, 6.07) is 0.00306. The van der Waals surface area contributed by atoms with E-state index in [1.165, 1.54) is 4.31 Å². The second-order valence-electron chi connectivity index (χ2n) is 5.16. The molecule has 0 unspecified atom stereocenters. The van der Waals surface area contributed by atoms with Gasteiger partial charge in [0, 0.05) is 31.2 Å². The summed E-state index contributed by atoms with van der Waals surface area (Å²) >= 11 is 0.744. The second-order valence-corrected chi connectivity index (χ2v) is 8.23. The van der Waals surface area contributed by atoms with Gasteiger partial charge in [0.1, 0.15) is 5.82 Å². The maximum absolute atomic E-state index is 12.8. The molecule has 0 radical (unpaired) electrons. The maximum Gasteiger partial charge on any atom is 0.305 e. The summed E-state index contributed by atoms with van der Waals surface area (Å²) in [4.78, 5) is 17.8. The van der Waals surface area contributed by atoms with Gasteiger partial charge < -0.3 is 9.55 Å². The number of rotatable bonds is 5. The summed E-state index contributed by atoms with van der Waals surface area (Å²) in [5, 5.41) is 0. The Hall–Kier alpha value is -1.45. The molecule has 0 saturated heterocycles. The van der Waals surface area contributed by atoms with Crippen molar-refractivity contribution in [3.05, 3.63) is 33.6 Å². The van der Waals surface area contributed by atoms with Gasteiger partial charge in [-0.15, -0.1) is 0 Å². The molecular weight excluding hydrogens is 312 g/mol. The van der Waals surface area contributed by atoms with Gasteiger partial charge in [-0.3, -0.25) is 4.79 Å². The van der Waals surface area contributed by atoms with E-state index in [1.54, 1.807) is 23.9 Å². The molecule has 0 spiro atoms. The number of aryl methyl sites for hydroxylation is 2. The zero-order valence-corrected chi connectivity index (χ0v) is 13.4. The molecule has 2 aromatic heterocycles. The molecule has 1 aliphatic rings. The molecule has 0 aliphatic heterocycles. The summed E-state index contributed by atoms with van der Waals surface area (Å²) in [5.74, 6) is 0.686. The zero-order valence-electron chi connectivity index (χ0n) is 11.7. The summed E-state index contributed by atoms with van der Waals surface area (Å²) in [5.41, 5.74) is 0.399. The van der Waals surface area contributed by atoms with Crippen LogP contribution in [0.15, 0.2) is 21.4 Å². The van der Waals surface area contributed by atoms with Crippen LogP contribution >= 0.6 is 11.3 Å². The first-order valence-corrected chi connectivity index (χ1v) is 8.83. The Labute approximate surface area is 126 Å². The molecular formula is C12H16N4O3S2. The highest BCUT2D eigenvalue weighted by atomic mass is 32.2. The molecule has 0 atom stereocenters. The van der Waals surface area contributed by atoms with Crippen LogP contribution in [0, 0.1) is 6.92 Å². The van der Waals surface area contributed by atoms with Crippen molar-refractivity contribution in [1.29, 1.82) is 0 Å². The fourth-order valence-corrected chi connectivity index (χ4v) is 5.26. The molecule has 9 heteroatoms. The predicted octanol–water partition coefficient (Wildman–Crippen LogP) is 0.832. The van der Waals surface area contributed by atoms with Crippen LogP contribution in [-0.2, 0) is 23.6 Å². The number of aromatic nitrogens is 3. The molecule has 1 saturated carbocycles. The van der Waals surface area contributed by atoms with Gasteiger partial charge in [-0.25, -0.2) is 13.4 Å². The van der Waals surface area contributed by atoms with E-state index in [1.807, 2.05) is 7.05 Å². The van der Waals surface area contributed by atoms with Crippen molar-refractivity contribution in [3.63, 3.8) is 0 Å². The van der Waals surface area contributed by atoms with Crippen LogP contribution in [0.2, 0.25) is 0 Å². The molecule has 3 rings (SSSR count). The normalized spacial score (nSPS) is 15.8. The maximum atomic E-state index is 12.8. The molecule has 0 aromatic carbocycles. The van der Waals surface area contributed by atoms with Gasteiger partial charge in [0.15, 0.2) is 4.21 Å². The van der Waals surface area contributed by atoms with Crippen molar-refractivity contribution in [2.45, 2.75) is 36.6 Å². The van der Waals surface area contributed by atoms with Crippen LogP contribution in [0.1, 0.15) is 24.4 Å². The third-order valence-electron chi connectivity index (χ3n) is 3.50. The number of nitrogens with zero attached hydrogens (tertiary/aromatic N) is 3. The van der Waals surface area contributed by atoms with Gasteiger partial charge >= 0.3 is 4.87 Å². The van der Waals surface area contributed by atoms with E-state index in [-0.39, 0.29) is 21.7 Å². The topological polar surface area (TPSA) is 88.1 Å². The van der Waals surface area contributed by atoms with Gasteiger partial charge in [-0.05, 0) is 19.8 Å². The smallest absolute Gasteiger partial charge is 0.305 e. The monoisotopic (exact) mass is 328 g/mol. The number of hydrogen-bond donors (Lipinski definition) is 1. The standard InChI is InChI=1S/C12H16N4O3S2/c1-8-11(20-12(17)14-8)21(18,19)16(9-3-4-9)7-10-13-5-6-15(10)2/h5-6,9H,3-4,7H2,1-2H3,(H,14,17). The van der Waals surface area contributed by atoms with Crippen LogP contribution in [-0.4, -0.2) is 33.3 Å². The lowest BCUT2D eigenvalue weighted by atomic mass is 10.5. The van der Waals surface area contributed by atoms with Gasteiger partial charge in [-0.1, -0.05) is 11.3 Å². The van der Waals surface area contributed by atoms with Crippen LogP contribution < -0.4 is 4.87 Å². The molecule has 0 bridgehead atoms. The SMILES string of the molecule is Cc1[nH]c(=O)sc1S(=O)(=O)N(Cc1nccn1C)C1CC1. The van der Waals surface area contributed by atoms with Gasteiger partial charge in [0.05, 0.1) is 6.54 Å². The number of sulfonamides is 1. The average molecular weight is 328 g/mol. The van der Waals surface area contributed by atoms with Crippen LogP contribution in [0.25, 0.3) is 0 Å². The lowest BCUT2D eigenvalue weighted by Gasteiger charge is -2.20. The van der Waals surface area contributed by atoms with Crippen molar-refractivity contribution in [3.8, 4) is 0 Å². The van der Waals surface area contributed by atoms with E-state index in [2.05, 4.69) is 9.97 Å². The average Bonchev–Trinajstić information content (AvgIpc) is 3.07. The first-order valence-electron chi connectivity index (χ1n) is 6.57. The quantitative estimate of drug-likeness (QED) is 0.880. The molecule has 2 heterocycles. The van der Waals surface area contributed by atoms with Crippen LogP contribution in [0.5, 0.6) is 0 Å². The van der Waals surface area contributed by atoms with Crippen LogP contribution in [0.4, 0.5) is 0 Å². The number of aromatic amines is 1. The third kappa shape index (κ3) is 2.68. The summed E-state index contributed by atoms with van der Waals surface area (Å²) in [7, 11) is -1.84. The number of imidazole rings is 1.